The summed E-state index contributed by atoms with van der Waals surface area (Å²) in [5.41, 5.74) is 0.810. The van der Waals surface area contributed by atoms with Crippen LogP contribution in [0.4, 0.5) is 14.5 Å². The van der Waals surface area contributed by atoms with Crippen LogP contribution in [-0.4, -0.2) is 16.9 Å². The predicted octanol–water partition coefficient (Wildman–Crippen LogP) is 3.77. The molecule has 1 aromatic heterocycles. The fraction of sp³-hybridized carbons (Fsp3) is 0.154. The summed E-state index contributed by atoms with van der Waals surface area (Å²) in [6.45, 7) is -0.492. The van der Waals surface area contributed by atoms with Gasteiger partial charge in [-0.3, -0.25) is 4.79 Å². The van der Waals surface area contributed by atoms with E-state index >= 15 is 0 Å². The van der Waals surface area contributed by atoms with Gasteiger partial charge in [-0.1, -0.05) is 22.0 Å². The number of nitrogens with zero attached hydrogens (tertiary/aromatic N) is 1. The summed E-state index contributed by atoms with van der Waals surface area (Å²) in [7, 11) is 0. The molecule has 0 radical (unpaired) electrons. The van der Waals surface area contributed by atoms with Gasteiger partial charge in [-0.05, 0) is 30.3 Å². The molecule has 100 valence electrons. The lowest BCUT2D eigenvalue weighted by Gasteiger charge is -2.09. The van der Waals surface area contributed by atoms with E-state index < -0.39 is 18.9 Å². The summed E-state index contributed by atoms with van der Waals surface area (Å²) < 4.78 is 26.8. The van der Waals surface area contributed by atoms with Crippen LogP contribution in [0.2, 0.25) is 0 Å². The summed E-state index contributed by atoms with van der Waals surface area (Å²) in [6.07, 6.45) is -1.04. The molecular weight excluding hydrogens is 318 g/mol. The molecular formula is C13H11BrF2N2O. The number of halogens is 3. The average molecular weight is 329 g/mol. The first-order valence-corrected chi connectivity index (χ1v) is 6.36. The number of alkyl halides is 2. The normalized spacial score (nSPS) is 10.7. The number of nitrogens with one attached hydrogen (secondary N) is 1. The van der Waals surface area contributed by atoms with E-state index in [-0.39, 0.29) is 5.69 Å². The molecule has 0 fully saturated rings. The molecule has 0 saturated carbocycles. The first kappa shape index (κ1) is 13.7. The van der Waals surface area contributed by atoms with Gasteiger partial charge in [0.25, 0.3) is 12.3 Å². The number of hydrogen-bond acceptors (Lipinski definition) is 1. The number of amides is 1. The lowest BCUT2D eigenvalue weighted by atomic mass is 10.3. The highest BCUT2D eigenvalue weighted by atomic mass is 79.9. The van der Waals surface area contributed by atoms with E-state index in [9.17, 15) is 13.6 Å². The molecule has 2 rings (SSSR count). The van der Waals surface area contributed by atoms with Crippen LogP contribution in [0, 0.1) is 0 Å². The second-order valence-corrected chi connectivity index (χ2v) is 4.82. The van der Waals surface area contributed by atoms with Crippen molar-refractivity contribution in [2.75, 3.05) is 5.32 Å². The molecule has 0 atom stereocenters. The van der Waals surface area contributed by atoms with Gasteiger partial charge in [-0.15, -0.1) is 0 Å². The van der Waals surface area contributed by atoms with Gasteiger partial charge in [0.2, 0.25) is 0 Å². The summed E-state index contributed by atoms with van der Waals surface area (Å²) in [5, 5.41) is 2.66. The highest BCUT2D eigenvalue weighted by Gasteiger charge is 2.13. The molecule has 0 bridgehead atoms. The maximum absolute atomic E-state index is 12.4. The molecule has 1 amide bonds. The van der Waals surface area contributed by atoms with Crippen LogP contribution < -0.4 is 5.32 Å². The average Bonchev–Trinajstić information content (AvgIpc) is 2.76. The zero-order chi connectivity index (χ0) is 13.8. The van der Waals surface area contributed by atoms with Crippen LogP contribution in [0.15, 0.2) is 47.1 Å². The quantitative estimate of drug-likeness (QED) is 0.910. The van der Waals surface area contributed by atoms with Gasteiger partial charge in [0.15, 0.2) is 0 Å². The number of carbonyl (C=O) groups excluding carboxylic acids is 1. The van der Waals surface area contributed by atoms with Crippen molar-refractivity contribution in [2.24, 2.45) is 0 Å². The van der Waals surface area contributed by atoms with Gasteiger partial charge < -0.3 is 9.88 Å². The Kier molecular flexibility index (Phi) is 4.31. The number of benzene rings is 1. The molecule has 3 nitrogen and oxygen atoms in total. The van der Waals surface area contributed by atoms with E-state index in [1.165, 1.54) is 16.8 Å². The van der Waals surface area contributed by atoms with Gasteiger partial charge in [-0.25, -0.2) is 8.78 Å². The molecule has 0 spiro atoms. The topological polar surface area (TPSA) is 34.0 Å². The second kappa shape index (κ2) is 5.97. The highest BCUT2D eigenvalue weighted by molar-refractivity contribution is 9.10. The second-order valence-electron chi connectivity index (χ2n) is 3.90. The van der Waals surface area contributed by atoms with Crippen LogP contribution in [0.5, 0.6) is 0 Å². The van der Waals surface area contributed by atoms with Crippen molar-refractivity contribution in [3.05, 3.63) is 52.8 Å². The van der Waals surface area contributed by atoms with Crippen LogP contribution >= 0.6 is 15.9 Å². The number of rotatable bonds is 4. The Morgan fingerprint density at radius 3 is 2.79 bits per heavy atom. The largest absolute Gasteiger partial charge is 0.338 e. The fourth-order valence-electron chi connectivity index (χ4n) is 1.69. The lowest BCUT2D eigenvalue weighted by Crippen LogP contribution is -2.18. The molecule has 6 heteroatoms. The number of aromatic nitrogens is 1. The van der Waals surface area contributed by atoms with Crippen LogP contribution in [-0.2, 0) is 6.54 Å². The van der Waals surface area contributed by atoms with Crippen LogP contribution in [0.25, 0.3) is 0 Å². The SMILES string of the molecule is O=C(Nc1cccc(Br)c1)c1cccn1CC(F)F. The maximum atomic E-state index is 12.4. The van der Waals surface area contributed by atoms with Crippen molar-refractivity contribution < 1.29 is 13.6 Å². The van der Waals surface area contributed by atoms with Crippen molar-refractivity contribution in [1.82, 2.24) is 4.57 Å². The maximum Gasteiger partial charge on any atom is 0.272 e. The number of carbonyl (C=O) groups is 1. The molecule has 19 heavy (non-hydrogen) atoms. The van der Waals surface area contributed by atoms with E-state index in [1.54, 1.807) is 24.3 Å². The molecule has 1 N–H and O–H groups in total. The van der Waals surface area contributed by atoms with Crippen molar-refractivity contribution in [1.29, 1.82) is 0 Å². The zero-order valence-corrected chi connectivity index (χ0v) is 11.4. The minimum absolute atomic E-state index is 0.209. The molecule has 0 saturated heterocycles. The van der Waals surface area contributed by atoms with Gasteiger partial charge in [-0.2, -0.15) is 0 Å². The minimum Gasteiger partial charge on any atom is -0.338 e. The van der Waals surface area contributed by atoms with E-state index in [1.807, 2.05) is 6.07 Å². The smallest absolute Gasteiger partial charge is 0.272 e. The van der Waals surface area contributed by atoms with E-state index in [2.05, 4.69) is 21.2 Å². The van der Waals surface area contributed by atoms with E-state index in [0.717, 1.165) is 4.47 Å². The summed E-state index contributed by atoms with van der Waals surface area (Å²) in [6, 6.07) is 10.1. The van der Waals surface area contributed by atoms with Gasteiger partial charge in [0.05, 0.1) is 6.54 Å². The Hall–Kier alpha value is -1.69. The molecule has 2 aromatic rings. The van der Waals surface area contributed by atoms with Crippen LogP contribution in [0.1, 0.15) is 10.5 Å². The number of hydrogen-bond donors (Lipinski definition) is 1. The third kappa shape index (κ3) is 3.64. The first-order valence-electron chi connectivity index (χ1n) is 5.56. The molecule has 1 heterocycles. The van der Waals surface area contributed by atoms with E-state index in [4.69, 9.17) is 0 Å². The van der Waals surface area contributed by atoms with Crippen LogP contribution in [0.3, 0.4) is 0 Å². The third-order valence-corrected chi connectivity index (χ3v) is 2.97. The molecule has 0 unspecified atom stereocenters. The van der Waals surface area contributed by atoms with Crippen molar-refractivity contribution >= 4 is 27.5 Å². The Balaban J connectivity index is 2.14. The highest BCUT2D eigenvalue weighted by Crippen LogP contribution is 2.17. The molecule has 0 aliphatic carbocycles. The minimum atomic E-state index is -2.50. The Morgan fingerprint density at radius 1 is 1.32 bits per heavy atom. The zero-order valence-electron chi connectivity index (χ0n) is 9.82. The van der Waals surface area contributed by atoms with Gasteiger partial charge in [0, 0.05) is 16.4 Å². The summed E-state index contributed by atoms with van der Waals surface area (Å²) >= 11 is 3.29. The molecule has 0 aliphatic heterocycles. The first-order chi connectivity index (χ1) is 9.06. The Bertz CT molecular complexity index is 584. The standard InChI is InChI=1S/C13H11BrF2N2O/c14-9-3-1-4-10(7-9)17-13(19)11-5-2-6-18(11)8-12(15)16/h1-7,12H,8H2,(H,17,19). The van der Waals surface area contributed by atoms with E-state index in [0.29, 0.717) is 5.69 Å². The van der Waals surface area contributed by atoms with Crippen molar-refractivity contribution in [2.45, 2.75) is 13.0 Å². The van der Waals surface area contributed by atoms with Crippen molar-refractivity contribution in [3.8, 4) is 0 Å². The molecule has 0 aliphatic rings. The Morgan fingerprint density at radius 2 is 2.11 bits per heavy atom. The Labute approximate surface area is 117 Å². The van der Waals surface area contributed by atoms with Crippen molar-refractivity contribution in [3.63, 3.8) is 0 Å². The number of anilines is 1. The van der Waals surface area contributed by atoms with Gasteiger partial charge in [0.1, 0.15) is 5.69 Å². The lowest BCUT2D eigenvalue weighted by molar-refractivity contribution is 0.0998. The molecule has 1 aromatic carbocycles. The summed E-state index contributed by atoms with van der Waals surface area (Å²) in [5.74, 6) is -0.413. The van der Waals surface area contributed by atoms with Gasteiger partial charge >= 0.3 is 0 Å². The predicted molar refractivity (Wildman–Crippen MR) is 72.5 cm³/mol. The monoisotopic (exact) mass is 328 g/mol. The fourth-order valence-corrected chi connectivity index (χ4v) is 2.09. The third-order valence-electron chi connectivity index (χ3n) is 2.48. The summed E-state index contributed by atoms with van der Waals surface area (Å²) in [4.78, 5) is 12.0.